The molecular formula is C6H10F3N. The van der Waals surface area contributed by atoms with Gasteiger partial charge in [-0.15, -0.1) is 0 Å². The van der Waals surface area contributed by atoms with E-state index in [1.165, 1.54) is 0 Å². The third-order valence-electron chi connectivity index (χ3n) is 1.85. The molecule has 4 heteroatoms. The molecule has 0 N–H and O–H groups in total. The maximum Gasteiger partial charge on any atom is 0.393 e. The number of rotatable bonds is 0. The molecule has 1 heterocycles. The molecule has 0 aliphatic carbocycles. The summed E-state index contributed by atoms with van der Waals surface area (Å²) in [6.45, 7) is 0.744. The Balaban J connectivity index is 2.45. The minimum Gasteiger partial charge on any atom is -0.306 e. The van der Waals surface area contributed by atoms with Crippen LogP contribution in [0.3, 0.4) is 0 Å². The smallest absolute Gasteiger partial charge is 0.306 e. The zero-order valence-corrected chi connectivity index (χ0v) is 5.78. The summed E-state index contributed by atoms with van der Waals surface area (Å²) in [4.78, 5) is 1.71. The molecule has 0 aromatic carbocycles. The lowest BCUT2D eigenvalue weighted by molar-refractivity contribution is -0.170. The summed E-state index contributed by atoms with van der Waals surface area (Å²) in [5, 5.41) is 0. The summed E-state index contributed by atoms with van der Waals surface area (Å²) in [5.41, 5.74) is 0. The number of nitrogens with zero attached hydrogens (tertiary/aromatic N) is 1. The van der Waals surface area contributed by atoms with Crippen molar-refractivity contribution in [2.45, 2.75) is 12.6 Å². The van der Waals surface area contributed by atoms with E-state index in [4.69, 9.17) is 0 Å². The van der Waals surface area contributed by atoms with E-state index in [0.717, 1.165) is 0 Å². The van der Waals surface area contributed by atoms with E-state index in [9.17, 15) is 13.2 Å². The number of alkyl halides is 3. The molecule has 1 atom stereocenters. The minimum atomic E-state index is -3.98. The lowest BCUT2D eigenvalue weighted by Crippen LogP contribution is -2.25. The second-order valence-corrected chi connectivity index (χ2v) is 2.79. The van der Waals surface area contributed by atoms with Gasteiger partial charge in [0.25, 0.3) is 0 Å². The quantitative estimate of drug-likeness (QED) is 0.509. The molecule has 0 amide bonds. The molecule has 1 nitrogen and oxygen atoms in total. The molecule has 0 aromatic heterocycles. The van der Waals surface area contributed by atoms with Crippen molar-refractivity contribution in [2.24, 2.45) is 5.92 Å². The van der Waals surface area contributed by atoms with Gasteiger partial charge in [-0.25, -0.2) is 0 Å². The molecule has 1 fully saturated rings. The molecule has 0 radical (unpaired) electrons. The number of hydrogen-bond acceptors (Lipinski definition) is 1. The predicted octanol–water partition coefficient (Wildman–Crippen LogP) is 1.50. The Bertz CT molecular complexity index is 121. The zero-order valence-electron chi connectivity index (χ0n) is 5.78. The van der Waals surface area contributed by atoms with Gasteiger partial charge in [0, 0.05) is 6.54 Å². The Kier molecular flexibility index (Phi) is 1.90. The van der Waals surface area contributed by atoms with Gasteiger partial charge < -0.3 is 4.90 Å². The summed E-state index contributed by atoms with van der Waals surface area (Å²) in [6.07, 6.45) is -3.72. The molecule has 0 spiro atoms. The van der Waals surface area contributed by atoms with Gasteiger partial charge in [0.15, 0.2) is 0 Å². The third kappa shape index (κ3) is 1.62. The molecule has 1 aliphatic heterocycles. The van der Waals surface area contributed by atoms with Crippen molar-refractivity contribution >= 4 is 0 Å². The SMILES string of the molecule is CN1CC[C@H](C(F)(F)F)C1. The number of likely N-dealkylation sites (tertiary alicyclic amines) is 1. The first-order valence-electron chi connectivity index (χ1n) is 3.25. The standard InChI is InChI=1S/C6H10F3N/c1-10-3-2-5(4-10)6(7,8)9/h5H,2-4H2,1H3/t5-/m0/s1. The second kappa shape index (κ2) is 2.42. The van der Waals surface area contributed by atoms with Crippen molar-refractivity contribution in [3.63, 3.8) is 0 Å². The summed E-state index contributed by atoms with van der Waals surface area (Å²) >= 11 is 0. The first-order chi connectivity index (χ1) is 4.50. The summed E-state index contributed by atoms with van der Waals surface area (Å²) in [6, 6.07) is 0. The Hall–Kier alpha value is -0.250. The highest BCUT2D eigenvalue weighted by Crippen LogP contribution is 2.32. The van der Waals surface area contributed by atoms with Gasteiger partial charge in [-0.3, -0.25) is 0 Å². The average Bonchev–Trinajstić information content (AvgIpc) is 2.11. The molecule has 1 saturated heterocycles. The highest BCUT2D eigenvalue weighted by atomic mass is 19.4. The molecule has 1 rings (SSSR count). The van der Waals surface area contributed by atoms with Crippen LogP contribution >= 0.6 is 0 Å². The lowest BCUT2D eigenvalue weighted by Gasteiger charge is -2.13. The van der Waals surface area contributed by atoms with Crippen LogP contribution in [-0.2, 0) is 0 Å². The second-order valence-electron chi connectivity index (χ2n) is 2.79. The van der Waals surface area contributed by atoms with Crippen molar-refractivity contribution in [3.05, 3.63) is 0 Å². The van der Waals surface area contributed by atoms with Gasteiger partial charge in [-0.05, 0) is 20.0 Å². The molecule has 0 bridgehead atoms. The van der Waals surface area contributed by atoms with E-state index in [1.807, 2.05) is 0 Å². The van der Waals surface area contributed by atoms with Crippen LogP contribution in [0, 0.1) is 5.92 Å². The van der Waals surface area contributed by atoms with Gasteiger partial charge in [0.05, 0.1) is 5.92 Å². The van der Waals surface area contributed by atoms with Gasteiger partial charge in [0.1, 0.15) is 0 Å². The average molecular weight is 153 g/mol. The molecule has 0 aromatic rings. The van der Waals surface area contributed by atoms with Crippen LogP contribution < -0.4 is 0 Å². The zero-order chi connectivity index (χ0) is 7.78. The Morgan fingerprint density at radius 1 is 1.40 bits per heavy atom. The first-order valence-corrected chi connectivity index (χ1v) is 3.25. The number of halogens is 3. The summed E-state index contributed by atoms with van der Waals surface area (Å²) in [7, 11) is 1.71. The molecule has 10 heavy (non-hydrogen) atoms. The monoisotopic (exact) mass is 153 g/mol. The summed E-state index contributed by atoms with van der Waals surface area (Å²) < 4.78 is 35.7. The topological polar surface area (TPSA) is 3.24 Å². The fourth-order valence-electron chi connectivity index (χ4n) is 1.20. The first kappa shape index (κ1) is 7.85. The largest absolute Gasteiger partial charge is 0.393 e. The van der Waals surface area contributed by atoms with E-state index >= 15 is 0 Å². The lowest BCUT2D eigenvalue weighted by atomic mass is 10.1. The van der Waals surface area contributed by atoms with Crippen molar-refractivity contribution in [3.8, 4) is 0 Å². The van der Waals surface area contributed by atoms with Crippen LogP contribution in [0.25, 0.3) is 0 Å². The molecule has 0 unspecified atom stereocenters. The van der Waals surface area contributed by atoms with Crippen LogP contribution in [0.5, 0.6) is 0 Å². The van der Waals surface area contributed by atoms with Crippen LogP contribution in [-0.4, -0.2) is 31.2 Å². The van der Waals surface area contributed by atoms with E-state index in [2.05, 4.69) is 0 Å². The van der Waals surface area contributed by atoms with Crippen molar-refractivity contribution < 1.29 is 13.2 Å². The fourth-order valence-corrected chi connectivity index (χ4v) is 1.20. The fraction of sp³-hybridized carbons (Fsp3) is 1.00. The van der Waals surface area contributed by atoms with Crippen LogP contribution in [0.4, 0.5) is 13.2 Å². The normalized spacial score (nSPS) is 29.4. The van der Waals surface area contributed by atoms with Gasteiger partial charge in [-0.1, -0.05) is 0 Å². The van der Waals surface area contributed by atoms with Gasteiger partial charge in [-0.2, -0.15) is 13.2 Å². The van der Waals surface area contributed by atoms with Gasteiger partial charge in [0.2, 0.25) is 0 Å². The van der Waals surface area contributed by atoms with E-state index in [-0.39, 0.29) is 13.0 Å². The number of hydrogen-bond donors (Lipinski definition) is 0. The highest BCUT2D eigenvalue weighted by molar-refractivity contribution is 4.78. The van der Waals surface area contributed by atoms with Crippen LogP contribution in [0.2, 0.25) is 0 Å². The highest BCUT2D eigenvalue weighted by Gasteiger charge is 2.42. The van der Waals surface area contributed by atoms with Crippen LogP contribution in [0.15, 0.2) is 0 Å². The van der Waals surface area contributed by atoms with Crippen molar-refractivity contribution in [2.75, 3.05) is 20.1 Å². The molecule has 0 saturated carbocycles. The molecular weight excluding hydrogens is 143 g/mol. The predicted molar refractivity (Wildman–Crippen MR) is 31.7 cm³/mol. The Morgan fingerprint density at radius 2 is 2.00 bits per heavy atom. The van der Waals surface area contributed by atoms with E-state index in [0.29, 0.717) is 6.54 Å². The summed E-state index contributed by atoms with van der Waals surface area (Å²) in [5.74, 6) is -1.09. The van der Waals surface area contributed by atoms with Crippen molar-refractivity contribution in [1.29, 1.82) is 0 Å². The molecule has 1 aliphatic rings. The van der Waals surface area contributed by atoms with Gasteiger partial charge >= 0.3 is 6.18 Å². The Morgan fingerprint density at radius 3 is 2.20 bits per heavy atom. The third-order valence-corrected chi connectivity index (χ3v) is 1.85. The van der Waals surface area contributed by atoms with E-state index in [1.54, 1.807) is 11.9 Å². The van der Waals surface area contributed by atoms with Crippen LogP contribution in [0.1, 0.15) is 6.42 Å². The van der Waals surface area contributed by atoms with E-state index < -0.39 is 12.1 Å². The minimum absolute atomic E-state index is 0.170. The Labute approximate surface area is 57.8 Å². The maximum absolute atomic E-state index is 11.9. The maximum atomic E-state index is 11.9. The van der Waals surface area contributed by atoms with Crippen molar-refractivity contribution in [1.82, 2.24) is 4.90 Å². The molecule has 60 valence electrons.